The minimum atomic E-state index is -4.56. The Labute approximate surface area is 90.5 Å². The number of rotatable bonds is 1. The van der Waals surface area contributed by atoms with Crippen LogP contribution in [0.5, 0.6) is 5.75 Å². The van der Waals surface area contributed by atoms with E-state index < -0.39 is 56.3 Å². The zero-order valence-electron chi connectivity index (χ0n) is 13.0. The Morgan fingerprint density at radius 1 is 1.62 bits per heavy atom. The highest BCUT2D eigenvalue weighted by Gasteiger charge is 2.16. The number of halogens is 1. The summed E-state index contributed by atoms with van der Waals surface area (Å²) in [4.78, 5) is -1.03. The van der Waals surface area contributed by atoms with Crippen molar-refractivity contribution in [1.29, 1.82) is 0 Å². The van der Waals surface area contributed by atoms with Gasteiger partial charge in [0.1, 0.15) is 5.75 Å². The Balaban J connectivity index is 2.97. The quantitative estimate of drug-likeness (QED) is 0.682. The lowest BCUT2D eigenvalue weighted by molar-refractivity contribution is 0.356. The first kappa shape index (κ1) is 3.79. The second-order valence-electron chi connectivity index (χ2n) is 2.18. The molecular formula is C8H7ClO3S. The van der Waals surface area contributed by atoms with Crippen LogP contribution in [0.25, 0.3) is 0 Å². The normalized spacial score (nSPS) is 30.7. The van der Waals surface area contributed by atoms with Gasteiger partial charge >= 0.3 is 0 Å². The molecular weight excluding hydrogens is 212 g/mol. The summed E-state index contributed by atoms with van der Waals surface area (Å²) in [7, 11) is 0.536. The molecule has 0 radical (unpaired) electrons. The lowest BCUT2D eigenvalue weighted by atomic mass is 10.2. The molecule has 0 atom stereocenters. The van der Waals surface area contributed by atoms with Crippen molar-refractivity contribution in [2.45, 2.75) is 11.3 Å². The maximum absolute atomic E-state index is 11.4. The second-order valence-corrected chi connectivity index (χ2v) is 4.68. The van der Waals surface area contributed by atoms with Crippen molar-refractivity contribution < 1.29 is 22.7 Å². The first-order chi connectivity index (χ1) is 8.82. The van der Waals surface area contributed by atoms with E-state index in [9.17, 15) is 8.42 Å². The smallest absolute Gasteiger partial charge is 0.261 e. The standard InChI is InChI=1S/C8H7ClO3S/c9-13(10,11)7-1-2-8-6(5-7)3-4-12-8/h1-2,5H,3-4H2/i1D,2D,3D2,4D2,5D. The molecule has 1 aliphatic rings. The zero-order valence-corrected chi connectivity index (χ0v) is 7.58. The SMILES string of the molecule is [2H]c1c([2H])c(S(=O)(=O)Cl)c([2H])c2c1OC([2H])([2H])C2([2H])[2H]. The molecule has 1 aliphatic heterocycles. The third-order valence-electron chi connectivity index (χ3n) is 1.33. The predicted octanol–water partition coefficient (Wildman–Crippen LogP) is 1.55. The van der Waals surface area contributed by atoms with Gasteiger partial charge in [-0.2, -0.15) is 0 Å². The van der Waals surface area contributed by atoms with Crippen LogP contribution in [0.3, 0.4) is 0 Å². The summed E-state index contributed by atoms with van der Waals surface area (Å²) in [5.41, 5.74) is -0.734. The third-order valence-corrected chi connectivity index (χ3v) is 2.48. The molecule has 0 fully saturated rings. The van der Waals surface area contributed by atoms with E-state index in [0.717, 1.165) is 0 Å². The van der Waals surface area contributed by atoms with Crippen LogP contribution in [-0.4, -0.2) is 15.0 Å². The van der Waals surface area contributed by atoms with Crippen LogP contribution in [0.4, 0.5) is 0 Å². The molecule has 0 aliphatic carbocycles. The van der Waals surface area contributed by atoms with Gasteiger partial charge in [-0.15, -0.1) is 0 Å². The molecule has 0 bridgehead atoms. The molecule has 0 unspecified atom stereocenters. The second kappa shape index (κ2) is 2.89. The molecule has 1 aromatic carbocycles. The maximum Gasteiger partial charge on any atom is 0.261 e. The van der Waals surface area contributed by atoms with Crippen molar-refractivity contribution in [2.24, 2.45) is 0 Å². The molecule has 70 valence electrons. The molecule has 1 heterocycles. The van der Waals surface area contributed by atoms with Gasteiger partial charge in [-0.25, -0.2) is 8.42 Å². The summed E-state index contributed by atoms with van der Waals surface area (Å²) in [5.74, 6) is -0.654. The number of ether oxygens (including phenoxy) is 1. The molecule has 0 amide bonds. The Morgan fingerprint density at radius 3 is 3.08 bits per heavy atom. The molecule has 0 saturated carbocycles. The number of hydrogen-bond acceptors (Lipinski definition) is 3. The minimum absolute atomic E-state index is 0.654. The summed E-state index contributed by atoms with van der Waals surface area (Å²) in [6, 6.07) is -2.74. The first-order valence-corrected chi connectivity index (χ1v) is 5.41. The molecule has 0 aromatic heterocycles. The summed E-state index contributed by atoms with van der Waals surface area (Å²) in [5, 5.41) is 0. The Hall–Kier alpha value is -0.740. The fourth-order valence-corrected chi connectivity index (χ4v) is 1.42. The lowest BCUT2D eigenvalue weighted by Crippen LogP contribution is -1.91. The van der Waals surface area contributed by atoms with Gasteiger partial charge in [0.2, 0.25) is 0 Å². The average Bonchev–Trinajstić information content (AvgIpc) is 2.41. The van der Waals surface area contributed by atoms with Crippen LogP contribution in [0.2, 0.25) is 0 Å². The van der Waals surface area contributed by atoms with Crippen LogP contribution in [0, 0.1) is 0 Å². The van der Waals surface area contributed by atoms with Gasteiger partial charge in [0.25, 0.3) is 9.05 Å². The van der Waals surface area contributed by atoms with Crippen molar-refractivity contribution in [3.8, 4) is 5.75 Å². The van der Waals surface area contributed by atoms with Crippen LogP contribution < -0.4 is 4.74 Å². The highest BCUT2D eigenvalue weighted by Crippen LogP contribution is 2.28. The summed E-state index contributed by atoms with van der Waals surface area (Å²) in [6.45, 7) is -2.89. The topological polar surface area (TPSA) is 43.4 Å². The molecule has 13 heavy (non-hydrogen) atoms. The van der Waals surface area contributed by atoms with Crippen molar-refractivity contribution in [3.63, 3.8) is 0 Å². The van der Waals surface area contributed by atoms with Crippen LogP contribution in [-0.2, 0) is 15.4 Å². The monoisotopic (exact) mass is 225 g/mol. The van der Waals surface area contributed by atoms with E-state index in [2.05, 4.69) is 4.74 Å². The van der Waals surface area contributed by atoms with Gasteiger partial charge in [0, 0.05) is 19.8 Å². The van der Waals surface area contributed by atoms with E-state index in [-0.39, 0.29) is 0 Å². The molecule has 0 N–H and O–H groups in total. The summed E-state index contributed by atoms with van der Waals surface area (Å²) < 4.78 is 80.4. The first-order valence-electron chi connectivity index (χ1n) is 6.60. The highest BCUT2D eigenvalue weighted by molar-refractivity contribution is 8.13. The Kier molecular flexibility index (Phi) is 0.841. The fraction of sp³-hybridized carbons (Fsp3) is 0.250. The number of benzene rings is 1. The molecule has 0 saturated heterocycles. The molecule has 0 spiro atoms. The predicted molar refractivity (Wildman–Crippen MR) is 48.7 cm³/mol. The van der Waals surface area contributed by atoms with Gasteiger partial charge in [-0.1, -0.05) is 0 Å². The lowest BCUT2D eigenvalue weighted by Gasteiger charge is -1.99. The van der Waals surface area contributed by atoms with Gasteiger partial charge in [-0.05, 0) is 23.7 Å². The summed E-state index contributed by atoms with van der Waals surface area (Å²) in [6.07, 6.45) is -2.85. The van der Waals surface area contributed by atoms with Crippen molar-refractivity contribution in [1.82, 2.24) is 0 Å². The van der Waals surface area contributed by atoms with Crippen molar-refractivity contribution in [2.75, 3.05) is 6.56 Å². The maximum atomic E-state index is 11.4. The largest absolute Gasteiger partial charge is 0.493 e. The Morgan fingerprint density at radius 2 is 2.38 bits per heavy atom. The van der Waals surface area contributed by atoms with Gasteiger partial charge < -0.3 is 4.74 Å². The van der Waals surface area contributed by atoms with Crippen LogP contribution in [0.15, 0.2) is 23.0 Å². The number of hydrogen-bond donors (Lipinski definition) is 0. The van der Waals surface area contributed by atoms with Crippen molar-refractivity contribution >= 4 is 19.7 Å². The van der Waals surface area contributed by atoms with E-state index in [1.807, 2.05) is 0 Å². The van der Waals surface area contributed by atoms with Gasteiger partial charge in [0.15, 0.2) is 0 Å². The van der Waals surface area contributed by atoms with E-state index in [1.54, 1.807) is 0 Å². The Bertz CT molecular complexity index is 716. The molecule has 1 aromatic rings. The average molecular weight is 226 g/mol. The minimum Gasteiger partial charge on any atom is -0.493 e. The van der Waals surface area contributed by atoms with Crippen LogP contribution in [0.1, 0.15) is 15.2 Å². The molecule has 3 nitrogen and oxygen atoms in total. The zero-order chi connectivity index (χ0) is 15.7. The van der Waals surface area contributed by atoms with E-state index >= 15 is 0 Å². The fourth-order valence-electron chi connectivity index (χ4n) is 0.792. The van der Waals surface area contributed by atoms with Crippen LogP contribution >= 0.6 is 10.7 Å². The number of fused-ring (bicyclic) bond motifs is 1. The van der Waals surface area contributed by atoms with E-state index in [4.69, 9.17) is 20.3 Å². The van der Waals surface area contributed by atoms with Gasteiger partial charge in [0.05, 0.1) is 18.3 Å². The van der Waals surface area contributed by atoms with E-state index in [1.165, 1.54) is 0 Å². The van der Waals surface area contributed by atoms with Gasteiger partial charge in [-0.3, -0.25) is 0 Å². The highest BCUT2D eigenvalue weighted by atomic mass is 35.7. The molecule has 2 rings (SSSR count). The molecule has 5 heteroatoms. The third kappa shape index (κ3) is 1.64. The van der Waals surface area contributed by atoms with E-state index in [0.29, 0.717) is 0 Å². The van der Waals surface area contributed by atoms with Crippen molar-refractivity contribution in [3.05, 3.63) is 23.7 Å². The summed E-state index contributed by atoms with van der Waals surface area (Å²) >= 11 is 0.